The topological polar surface area (TPSA) is 29.4 Å². The first-order chi connectivity index (χ1) is 14.2. The van der Waals surface area contributed by atoms with Gasteiger partial charge in [-0.15, -0.1) is 0 Å². The number of ketones is 1. The first kappa shape index (κ1) is 23.3. The van der Waals surface area contributed by atoms with Crippen molar-refractivity contribution in [1.29, 1.82) is 0 Å². The van der Waals surface area contributed by atoms with Gasteiger partial charge in [0.15, 0.2) is 0 Å². The minimum absolute atomic E-state index is 0.136. The fourth-order valence-electron chi connectivity index (χ4n) is 5.07. The predicted octanol–water partition coefficient (Wildman–Crippen LogP) is 7.20. The monoisotopic (exact) mass is 393 g/mol. The summed E-state index contributed by atoms with van der Waals surface area (Å²) < 4.78 is 0. The second kappa shape index (κ2) is 11.3. The van der Waals surface area contributed by atoms with Gasteiger partial charge in [-0.05, 0) is 42.6 Å². The highest BCUT2D eigenvalue weighted by molar-refractivity contribution is 6.15. The Morgan fingerprint density at radius 2 is 1.76 bits per heavy atom. The summed E-state index contributed by atoms with van der Waals surface area (Å²) in [6, 6.07) is 10.7. The Hall–Kier alpha value is -1.96. The van der Waals surface area contributed by atoms with E-state index in [0.717, 1.165) is 12.1 Å². The Balaban J connectivity index is 0.000000707. The Labute approximate surface area is 178 Å². The number of aliphatic imine (C=N–C) groups is 1. The van der Waals surface area contributed by atoms with E-state index >= 15 is 0 Å². The summed E-state index contributed by atoms with van der Waals surface area (Å²) in [7, 11) is 0. The van der Waals surface area contributed by atoms with Crippen LogP contribution < -0.4 is 0 Å². The molecule has 4 atom stereocenters. The third-order valence-electron chi connectivity index (χ3n) is 6.32. The fraction of sp³-hybridized carbons (Fsp3) is 0.556. The van der Waals surface area contributed by atoms with E-state index in [2.05, 4.69) is 49.4 Å². The molecule has 1 aliphatic heterocycles. The molecule has 1 heterocycles. The molecule has 2 heteroatoms. The van der Waals surface area contributed by atoms with Gasteiger partial charge in [0, 0.05) is 18.4 Å². The molecular formula is C27H39NO. The molecule has 1 aromatic carbocycles. The van der Waals surface area contributed by atoms with Gasteiger partial charge in [-0.3, -0.25) is 9.79 Å². The lowest BCUT2D eigenvalue weighted by molar-refractivity contribution is -0.119. The lowest BCUT2D eigenvalue weighted by Gasteiger charge is -2.27. The van der Waals surface area contributed by atoms with E-state index in [-0.39, 0.29) is 6.04 Å². The van der Waals surface area contributed by atoms with Crippen LogP contribution in [0.1, 0.15) is 79.2 Å². The van der Waals surface area contributed by atoms with Crippen LogP contribution in [0.5, 0.6) is 0 Å². The van der Waals surface area contributed by atoms with Crippen molar-refractivity contribution in [2.24, 2.45) is 22.7 Å². The quantitative estimate of drug-likeness (QED) is 0.532. The molecule has 0 spiro atoms. The molecule has 1 fully saturated rings. The van der Waals surface area contributed by atoms with Crippen LogP contribution in [0.25, 0.3) is 0 Å². The molecule has 158 valence electrons. The van der Waals surface area contributed by atoms with Gasteiger partial charge in [0.2, 0.25) is 0 Å². The fourth-order valence-corrected chi connectivity index (χ4v) is 5.07. The number of hydrogen-bond acceptors (Lipinski definition) is 2. The number of nitrogens with zero attached hydrogens (tertiary/aromatic N) is 1. The predicted molar refractivity (Wildman–Crippen MR) is 126 cm³/mol. The number of hydrogen-bond donors (Lipinski definition) is 0. The summed E-state index contributed by atoms with van der Waals surface area (Å²) in [5.41, 5.74) is 5.20. The average molecular weight is 394 g/mol. The number of Topliss-reactive ketones (excluding diaryl/α,β-unsaturated/α-hetero) is 1. The Kier molecular flexibility index (Phi) is 9.07. The van der Waals surface area contributed by atoms with Gasteiger partial charge in [-0.2, -0.15) is 0 Å². The Morgan fingerprint density at radius 3 is 2.41 bits per heavy atom. The summed E-state index contributed by atoms with van der Waals surface area (Å²) in [5.74, 6) is 2.15. The molecule has 3 aliphatic rings. The van der Waals surface area contributed by atoms with Crippen LogP contribution >= 0.6 is 0 Å². The van der Waals surface area contributed by atoms with Crippen molar-refractivity contribution in [3.05, 3.63) is 59.2 Å². The first-order valence-corrected chi connectivity index (χ1v) is 11.7. The second-order valence-corrected chi connectivity index (χ2v) is 7.80. The summed E-state index contributed by atoms with van der Waals surface area (Å²) >= 11 is 0. The molecule has 2 nitrogen and oxygen atoms in total. The highest BCUT2D eigenvalue weighted by atomic mass is 16.1. The summed E-state index contributed by atoms with van der Waals surface area (Å²) in [6.45, 7) is 12.4. The van der Waals surface area contributed by atoms with Crippen LogP contribution in [0.2, 0.25) is 0 Å². The summed E-state index contributed by atoms with van der Waals surface area (Å²) in [4.78, 5) is 17.5. The van der Waals surface area contributed by atoms with Crippen LogP contribution in [0.15, 0.2) is 58.6 Å². The van der Waals surface area contributed by atoms with Gasteiger partial charge >= 0.3 is 0 Å². The highest BCUT2D eigenvalue weighted by Crippen LogP contribution is 2.49. The Bertz CT molecular complexity index is 756. The molecule has 29 heavy (non-hydrogen) atoms. The molecule has 0 radical (unpaired) electrons. The first-order valence-electron chi connectivity index (χ1n) is 11.7. The molecule has 3 unspecified atom stereocenters. The lowest BCUT2D eigenvalue weighted by atomic mass is 9.78. The van der Waals surface area contributed by atoms with Crippen LogP contribution in [0.3, 0.4) is 0 Å². The van der Waals surface area contributed by atoms with Gasteiger partial charge in [0.25, 0.3) is 0 Å². The maximum Gasteiger partial charge on any atom is 0.134 e. The molecule has 0 aromatic heterocycles. The van der Waals surface area contributed by atoms with Crippen LogP contribution in [0.4, 0.5) is 0 Å². The maximum atomic E-state index is 12.3. The number of fused-ring (bicyclic) bond motifs is 2. The number of allylic oxidation sites excluding steroid dienone is 4. The van der Waals surface area contributed by atoms with Gasteiger partial charge in [-0.1, -0.05) is 89.6 Å². The van der Waals surface area contributed by atoms with Crippen molar-refractivity contribution in [2.45, 2.75) is 79.7 Å². The van der Waals surface area contributed by atoms with Crippen molar-refractivity contribution in [3.8, 4) is 0 Å². The third-order valence-corrected chi connectivity index (χ3v) is 6.32. The number of carbonyl (C=O) groups excluding carboxylic acids is 1. The highest BCUT2D eigenvalue weighted by Gasteiger charge is 2.44. The van der Waals surface area contributed by atoms with E-state index < -0.39 is 0 Å². The van der Waals surface area contributed by atoms with Gasteiger partial charge in [-0.25, -0.2) is 0 Å². The molecule has 2 aliphatic carbocycles. The van der Waals surface area contributed by atoms with Crippen LogP contribution in [0, 0.1) is 17.8 Å². The van der Waals surface area contributed by atoms with Crippen molar-refractivity contribution in [3.63, 3.8) is 0 Å². The molecule has 1 aromatic rings. The molecule has 0 bridgehead atoms. The zero-order valence-corrected chi connectivity index (χ0v) is 19.2. The van der Waals surface area contributed by atoms with Gasteiger partial charge < -0.3 is 0 Å². The normalized spacial score (nSPS) is 26.9. The SMILES string of the molecule is CC.CC.CCC(=O)C[C@@H]1N=C(c2ccccc2)C2=C(CC=C2)C2C(C)CCC21. The van der Waals surface area contributed by atoms with E-state index in [1.54, 1.807) is 5.57 Å². The number of benzene rings is 1. The largest absolute Gasteiger partial charge is 0.300 e. The third kappa shape index (κ3) is 4.97. The smallest absolute Gasteiger partial charge is 0.134 e. The van der Waals surface area contributed by atoms with Gasteiger partial charge in [0.1, 0.15) is 5.78 Å². The summed E-state index contributed by atoms with van der Waals surface area (Å²) in [6.07, 6.45) is 9.31. The standard InChI is InChI=1S/C23H27NO.2C2H6/c1-3-17(25)14-21-20-13-12-15(2)22(20)18-10-7-11-19(18)23(24-21)16-8-5-4-6-9-16;2*1-2/h4-9,11,15,20-22H,3,10,12-14H2,1-2H3;2*1-2H3/t15?,20?,21-,22?;;/m0../s1. The second-order valence-electron chi connectivity index (χ2n) is 7.80. The molecule has 0 N–H and O–H groups in total. The van der Waals surface area contributed by atoms with Crippen LogP contribution in [-0.4, -0.2) is 17.5 Å². The molecular weight excluding hydrogens is 354 g/mol. The van der Waals surface area contributed by atoms with Crippen molar-refractivity contribution >= 4 is 11.5 Å². The molecule has 4 rings (SSSR count). The lowest BCUT2D eigenvalue weighted by Crippen LogP contribution is -2.27. The maximum absolute atomic E-state index is 12.3. The van der Waals surface area contributed by atoms with Crippen molar-refractivity contribution in [2.75, 3.05) is 0 Å². The number of rotatable bonds is 4. The molecule has 0 amide bonds. The zero-order chi connectivity index (χ0) is 21.4. The van der Waals surface area contributed by atoms with Crippen molar-refractivity contribution in [1.82, 2.24) is 0 Å². The molecule has 0 saturated heterocycles. The van der Waals surface area contributed by atoms with E-state index in [4.69, 9.17) is 4.99 Å². The zero-order valence-electron chi connectivity index (χ0n) is 19.2. The van der Waals surface area contributed by atoms with E-state index in [0.29, 0.717) is 36.4 Å². The average Bonchev–Trinajstić information content (AvgIpc) is 3.38. The van der Waals surface area contributed by atoms with Crippen LogP contribution in [-0.2, 0) is 4.79 Å². The minimum Gasteiger partial charge on any atom is -0.300 e. The van der Waals surface area contributed by atoms with E-state index in [1.807, 2.05) is 34.6 Å². The minimum atomic E-state index is 0.136. The number of carbonyl (C=O) groups is 1. The summed E-state index contributed by atoms with van der Waals surface area (Å²) in [5, 5.41) is 0. The van der Waals surface area contributed by atoms with Gasteiger partial charge in [0.05, 0.1) is 11.8 Å². The van der Waals surface area contributed by atoms with E-state index in [1.165, 1.54) is 24.0 Å². The van der Waals surface area contributed by atoms with Crippen molar-refractivity contribution < 1.29 is 4.79 Å². The molecule has 1 saturated carbocycles. The van der Waals surface area contributed by atoms with E-state index in [9.17, 15) is 4.79 Å². The Morgan fingerprint density at radius 1 is 1.07 bits per heavy atom.